The fourth-order valence-electron chi connectivity index (χ4n) is 2.45. The second-order valence-corrected chi connectivity index (χ2v) is 6.74. The lowest BCUT2D eigenvalue weighted by Gasteiger charge is -2.19. The smallest absolute Gasteiger partial charge is 0.340 e. The van der Waals surface area contributed by atoms with Crippen molar-refractivity contribution in [1.82, 2.24) is 0 Å². The van der Waals surface area contributed by atoms with Gasteiger partial charge >= 0.3 is 11.9 Å². The van der Waals surface area contributed by atoms with E-state index >= 15 is 0 Å². The van der Waals surface area contributed by atoms with Crippen LogP contribution in [0.5, 0.6) is 0 Å². The van der Waals surface area contributed by atoms with Crippen LogP contribution in [-0.2, 0) is 20.9 Å². The number of hydrogen-bond donors (Lipinski definition) is 1. The van der Waals surface area contributed by atoms with Crippen molar-refractivity contribution in [3.8, 4) is 0 Å². The van der Waals surface area contributed by atoms with Gasteiger partial charge in [-0.25, -0.2) is 9.59 Å². The maximum absolute atomic E-state index is 12.5. The number of carbonyl (C=O) groups excluding carboxylic acids is 2. The highest BCUT2D eigenvalue weighted by Crippen LogP contribution is 2.20. The lowest BCUT2D eigenvalue weighted by atomic mass is 10.1. The molecular formula is C20H22INO4. The molecule has 0 aromatic heterocycles. The van der Waals surface area contributed by atoms with Crippen LogP contribution >= 0.6 is 22.6 Å². The normalized spacial score (nSPS) is 11.5. The van der Waals surface area contributed by atoms with E-state index in [9.17, 15) is 9.59 Å². The molecule has 0 fully saturated rings. The molecule has 0 amide bonds. The number of halogens is 1. The van der Waals surface area contributed by atoms with Crippen LogP contribution in [0.2, 0.25) is 0 Å². The van der Waals surface area contributed by atoms with E-state index in [4.69, 9.17) is 9.47 Å². The first-order valence-corrected chi connectivity index (χ1v) is 9.88. The van der Waals surface area contributed by atoms with Crippen LogP contribution in [-0.4, -0.2) is 29.5 Å². The highest BCUT2D eigenvalue weighted by Gasteiger charge is 2.21. The minimum absolute atomic E-state index is 0.198. The molecule has 0 spiro atoms. The molecule has 2 aromatic carbocycles. The van der Waals surface area contributed by atoms with Gasteiger partial charge in [-0.3, -0.25) is 0 Å². The quantitative estimate of drug-likeness (QED) is 0.340. The number of benzene rings is 2. The predicted molar refractivity (Wildman–Crippen MR) is 110 cm³/mol. The third-order valence-electron chi connectivity index (χ3n) is 3.80. The molecule has 26 heavy (non-hydrogen) atoms. The van der Waals surface area contributed by atoms with Crippen molar-refractivity contribution in [3.05, 3.63) is 65.7 Å². The Morgan fingerprint density at radius 2 is 1.77 bits per heavy atom. The van der Waals surface area contributed by atoms with Gasteiger partial charge in [0.1, 0.15) is 12.6 Å². The highest BCUT2D eigenvalue weighted by molar-refractivity contribution is 14.1. The maximum Gasteiger partial charge on any atom is 0.340 e. The highest BCUT2D eigenvalue weighted by atomic mass is 127. The number of esters is 2. The summed E-state index contributed by atoms with van der Waals surface area (Å²) in [5.41, 5.74) is 1.88. The van der Waals surface area contributed by atoms with Gasteiger partial charge in [0.15, 0.2) is 0 Å². The van der Waals surface area contributed by atoms with Crippen molar-refractivity contribution in [1.29, 1.82) is 0 Å². The first-order chi connectivity index (χ1) is 12.7. The molecule has 0 unspecified atom stereocenters. The van der Waals surface area contributed by atoms with Crippen LogP contribution in [0.15, 0.2) is 54.6 Å². The lowest BCUT2D eigenvalue weighted by Crippen LogP contribution is -2.31. The average molecular weight is 467 g/mol. The molecule has 0 aliphatic carbocycles. The number of anilines is 1. The van der Waals surface area contributed by atoms with Gasteiger partial charge in [-0.15, -0.1) is 0 Å². The van der Waals surface area contributed by atoms with E-state index in [0.29, 0.717) is 17.7 Å². The van der Waals surface area contributed by atoms with Crippen molar-refractivity contribution in [3.63, 3.8) is 0 Å². The van der Waals surface area contributed by atoms with E-state index in [-0.39, 0.29) is 12.6 Å². The van der Waals surface area contributed by atoms with Crippen LogP contribution in [0.3, 0.4) is 0 Å². The number of carbonyl (C=O) groups is 2. The maximum atomic E-state index is 12.5. The Morgan fingerprint density at radius 3 is 2.46 bits per heavy atom. The molecule has 0 aliphatic heterocycles. The minimum atomic E-state index is -0.502. The SMILES string of the molecule is COC(=O)[C@@H](CCCI)Nc1ccccc1C(=O)OCc1ccccc1. The Kier molecular flexibility index (Phi) is 8.40. The predicted octanol–water partition coefficient (Wildman–Crippen LogP) is 4.21. The summed E-state index contributed by atoms with van der Waals surface area (Å²) >= 11 is 2.27. The van der Waals surface area contributed by atoms with Crippen molar-refractivity contribution in [2.45, 2.75) is 25.5 Å². The van der Waals surface area contributed by atoms with E-state index in [1.165, 1.54) is 7.11 Å². The molecule has 0 saturated heterocycles. The van der Waals surface area contributed by atoms with E-state index in [2.05, 4.69) is 27.9 Å². The van der Waals surface area contributed by atoms with Crippen LogP contribution in [0, 0.1) is 0 Å². The van der Waals surface area contributed by atoms with Crippen LogP contribution in [0.1, 0.15) is 28.8 Å². The second kappa shape index (κ2) is 10.8. The third-order valence-corrected chi connectivity index (χ3v) is 4.56. The topological polar surface area (TPSA) is 64.6 Å². The van der Waals surface area contributed by atoms with Gasteiger partial charge in [0.25, 0.3) is 0 Å². The number of methoxy groups -OCH3 is 1. The van der Waals surface area contributed by atoms with E-state index < -0.39 is 12.0 Å². The molecular weight excluding hydrogens is 445 g/mol. The summed E-state index contributed by atoms with van der Waals surface area (Å²) in [5, 5.41) is 3.13. The fourth-order valence-corrected chi connectivity index (χ4v) is 2.89. The zero-order chi connectivity index (χ0) is 18.8. The van der Waals surface area contributed by atoms with Crippen molar-refractivity contribution < 1.29 is 19.1 Å². The van der Waals surface area contributed by atoms with Gasteiger partial charge in [-0.1, -0.05) is 65.1 Å². The number of rotatable bonds is 9. The number of nitrogens with one attached hydrogen (secondary N) is 1. The molecule has 0 bridgehead atoms. The Morgan fingerprint density at radius 1 is 1.08 bits per heavy atom. The monoisotopic (exact) mass is 467 g/mol. The minimum Gasteiger partial charge on any atom is -0.467 e. The van der Waals surface area contributed by atoms with Gasteiger partial charge in [-0.05, 0) is 35.0 Å². The lowest BCUT2D eigenvalue weighted by molar-refractivity contribution is -0.141. The number of para-hydroxylation sites is 1. The summed E-state index contributed by atoms with van der Waals surface area (Å²) in [6.07, 6.45) is 1.50. The van der Waals surface area contributed by atoms with Gasteiger partial charge in [0, 0.05) is 5.69 Å². The number of ether oxygens (including phenoxy) is 2. The second-order valence-electron chi connectivity index (χ2n) is 5.66. The number of hydrogen-bond acceptors (Lipinski definition) is 5. The summed E-state index contributed by atoms with van der Waals surface area (Å²) in [7, 11) is 1.36. The summed E-state index contributed by atoms with van der Waals surface area (Å²) in [5.74, 6) is -0.781. The largest absolute Gasteiger partial charge is 0.467 e. The molecule has 5 nitrogen and oxygen atoms in total. The fraction of sp³-hybridized carbons (Fsp3) is 0.300. The van der Waals surface area contributed by atoms with Crippen molar-refractivity contribution in [2.24, 2.45) is 0 Å². The third kappa shape index (κ3) is 6.01. The van der Waals surface area contributed by atoms with Crippen molar-refractivity contribution in [2.75, 3.05) is 16.9 Å². The molecule has 1 atom stereocenters. The summed E-state index contributed by atoms with van der Waals surface area (Å²) in [6.45, 7) is 0.198. The Labute approximate surface area is 167 Å². The van der Waals surface area contributed by atoms with E-state index in [1.807, 2.05) is 36.4 Å². The molecule has 138 valence electrons. The molecule has 1 N–H and O–H groups in total. The van der Waals surface area contributed by atoms with Crippen LogP contribution in [0.25, 0.3) is 0 Å². The first kappa shape index (κ1) is 20.2. The molecule has 0 heterocycles. The molecule has 6 heteroatoms. The Hall–Kier alpha value is -2.09. The van der Waals surface area contributed by atoms with Gasteiger partial charge < -0.3 is 14.8 Å². The summed E-state index contributed by atoms with van der Waals surface area (Å²) < 4.78 is 11.2. The van der Waals surface area contributed by atoms with E-state index in [1.54, 1.807) is 18.2 Å². The summed E-state index contributed by atoms with van der Waals surface area (Å²) in [4.78, 5) is 24.5. The van der Waals surface area contributed by atoms with Gasteiger partial charge in [0.2, 0.25) is 0 Å². The Balaban J connectivity index is 2.09. The summed E-state index contributed by atoms with van der Waals surface area (Å²) in [6, 6.07) is 16.0. The molecule has 0 radical (unpaired) electrons. The van der Waals surface area contributed by atoms with Gasteiger partial charge in [-0.2, -0.15) is 0 Å². The zero-order valence-electron chi connectivity index (χ0n) is 14.6. The molecule has 2 aromatic rings. The van der Waals surface area contributed by atoms with Crippen LogP contribution in [0.4, 0.5) is 5.69 Å². The molecule has 0 saturated carbocycles. The number of alkyl halides is 1. The Bertz CT molecular complexity index is 721. The standard InChI is InChI=1S/C20H22INO4/c1-25-20(24)18(12-7-13-21)22-17-11-6-5-10-16(17)19(23)26-14-15-8-3-2-4-9-15/h2-6,8-11,18,22H,7,12-14H2,1H3/t18-/m1/s1. The first-order valence-electron chi connectivity index (χ1n) is 8.36. The van der Waals surface area contributed by atoms with Crippen LogP contribution < -0.4 is 5.32 Å². The van der Waals surface area contributed by atoms with Crippen molar-refractivity contribution >= 4 is 40.2 Å². The van der Waals surface area contributed by atoms with E-state index in [0.717, 1.165) is 16.4 Å². The average Bonchev–Trinajstić information content (AvgIpc) is 2.69. The molecule has 0 aliphatic rings. The molecule has 2 rings (SSSR count). The van der Waals surface area contributed by atoms with Gasteiger partial charge in [0.05, 0.1) is 12.7 Å². The zero-order valence-corrected chi connectivity index (χ0v) is 16.8.